The van der Waals surface area contributed by atoms with Gasteiger partial charge in [-0.25, -0.2) is 4.98 Å². The van der Waals surface area contributed by atoms with Crippen molar-refractivity contribution in [2.24, 2.45) is 0 Å². The van der Waals surface area contributed by atoms with Gasteiger partial charge in [0.15, 0.2) is 5.69 Å². The molecular weight excluding hydrogens is 206 g/mol. The minimum atomic E-state index is -0.158. The first kappa shape index (κ1) is 11.1. The third-order valence-electron chi connectivity index (χ3n) is 2.65. The van der Waals surface area contributed by atoms with Gasteiger partial charge < -0.3 is 15.1 Å². The number of nitrogens with zero attached hydrogens (tertiary/aromatic N) is 1. The van der Waals surface area contributed by atoms with E-state index in [-0.39, 0.29) is 11.9 Å². The van der Waals surface area contributed by atoms with Crippen LogP contribution in [0.4, 0.5) is 0 Å². The summed E-state index contributed by atoms with van der Waals surface area (Å²) in [5.41, 5.74) is 0.372. The first-order chi connectivity index (χ1) is 7.81. The van der Waals surface area contributed by atoms with Crippen molar-refractivity contribution in [2.75, 3.05) is 13.1 Å². The number of amides is 1. The smallest absolute Gasteiger partial charge is 0.273 e. The van der Waals surface area contributed by atoms with Gasteiger partial charge in [0, 0.05) is 6.54 Å². The van der Waals surface area contributed by atoms with Crippen LogP contribution in [0.3, 0.4) is 0 Å². The van der Waals surface area contributed by atoms with Crippen molar-refractivity contribution in [3.8, 4) is 0 Å². The van der Waals surface area contributed by atoms with Crippen LogP contribution >= 0.6 is 0 Å². The monoisotopic (exact) mass is 223 g/mol. The lowest BCUT2D eigenvalue weighted by Gasteiger charge is -2.03. The first-order valence-corrected chi connectivity index (χ1v) is 5.78. The SMILES string of the molecule is CCCNC(=O)c1coc(C2CCCN2)n1. The number of rotatable bonds is 4. The molecule has 2 heterocycles. The number of aromatic nitrogens is 1. The quantitative estimate of drug-likeness (QED) is 0.806. The van der Waals surface area contributed by atoms with Crippen molar-refractivity contribution in [3.63, 3.8) is 0 Å². The van der Waals surface area contributed by atoms with Gasteiger partial charge in [-0.05, 0) is 25.8 Å². The van der Waals surface area contributed by atoms with Gasteiger partial charge in [-0.3, -0.25) is 4.79 Å². The molecule has 1 aliphatic heterocycles. The molecule has 0 bridgehead atoms. The molecule has 0 radical (unpaired) electrons. The highest BCUT2D eigenvalue weighted by atomic mass is 16.3. The highest BCUT2D eigenvalue weighted by Gasteiger charge is 2.22. The second-order valence-electron chi connectivity index (χ2n) is 3.98. The Morgan fingerprint density at radius 3 is 3.31 bits per heavy atom. The molecule has 1 atom stereocenters. The molecule has 88 valence electrons. The number of oxazole rings is 1. The average molecular weight is 223 g/mol. The van der Waals surface area contributed by atoms with E-state index in [0.717, 1.165) is 25.8 Å². The zero-order valence-corrected chi connectivity index (χ0v) is 9.45. The van der Waals surface area contributed by atoms with Crippen LogP contribution in [-0.2, 0) is 0 Å². The van der Waals surface area contributed by atoms with Gasteiger partial charge in [-0.1, -0.05) is 6.92 Å². The van der Waals surface area contributed by atoms with Gasteiger partial charge in [0.2, 0.25) is 5.89 Å². The van der Waals surface area contributed by atoms with Gasteiger partial charge in [0.05, 0.1) is 6.04 Å². The topological polar surface area (TPSA) is 67.2 Å². The van der Waals surface area contributed by atoms with Crippen LogP contribution in [0.1, 0.15) is 48.6 Å². The van der Waals surface area contributed by atoms with E-state index in [2.05, 4.69) is 15.6 Å². The number of hydrogen-bond donors (Lipinski definition) is 2. The van der Waals surface area contributed by atoms with Crippen LogP contribution in [0.25, 0.3) is 0 Å². The summed E-state index contributed by atoms with van der Waals surface area (Å²) in [5.74, 6) is 0.467. The molecule has 1 unspecified atom stereocenters. The highest BCUT2D eigenvalue weighted by molar-refractivity contribution is 5.91. The number of carbonyl (C=O) groups is 1. The largest absolute Gasteiger partial charge is 0.446 e. The van der Waals surface area contributed by atoms with Gasteiger partial charge in [0.25, 0.3) is 5.91 Å². The second kappa shape index (κ2) is 5.12. The molecular formula is C11H17N3O2. The molecule has 2 N–H and O–H groups in total. The van der Waals surface area contributed by atoms with E-state index >= 15 is 0 Å². The summed E-state index contributed by atoms with van der Waals surface area (Å²) in [6.07, 6.45) is 4.50. The molecule has 0 aliphatic carbocycles. The van der Waals surface area contributed by atoms with Crippen molar-refractivity contribution in [1.29, 1.82) is 0 Å². The summed E-state index contributed by atoms with van der Waals surface area (Å²) in [6.45, 7) is 3.67. The standard InChI is InChI=1S/C11H17N3O2/c1-2-5-13-10(15)9-7-16-11(14-9)8-4-3-6-12-8/h7-8,12H,2-6H2,1H3,(H,13,15). The Balaban J connectivity index is 1.98. The molecule has 16 heavy (non-hydrogen) atoms. The minimum absolute atomic E-state index is 0.158. The molecule has 0 saturated carbocycles. The molecule has 1 aliphatic rings. The molecule has 0 spiro atoms. The van der Waals surface area contributed by atoms with Gasteiger partial charge in [-0.2, -0.15) is 0 Å². The summed E-state index contributed by atoms with van der Waals surface area (Å²) in [4.78, 5) is 15.8. The molecule has 1 aromatic heterocycles. The third-order valence-corrected chi connectivity index (χ3v) is 2.65. The van der Waals surface area contributed by atoms with Crippen LogP contribution in [0.15, 0.2) is 10.7 Å². The average Bonchev–Trinajstić information content (AvgIpc) is 2.94. The Labute approximate surface area is 94.6 Å². The van der Waals surface area contributed by atoms with Crippen LogP contribution in [0, 0.1) is 0 Å². The van der Waals surface area contributed by atoms with Crippen LogP contribution in [0.5, 0.6) is 0 Å². The molecule has 5 nitrogen and oxygen atoms in total. The number of carbonyl (C=O) groups excluding carboxylic acids is 1. The molecule has 1 amide bonds. The van der Waals surface area contributed by atoms with Gasteiger partial charge >= 0.3 is 0 Å². The van der Waals surface area contributed by atoms with E-state index < -0.39 is 0 Å². The van der Waals surface area contributed by atoms with Crippen LogP contribution in [0.2, 0.25) is 0 Å². The number of hydrogen-bond acceptors (Lipinski definition) is 4. The highest BCUT2D eigenvalue weighted by Crippen LogP contribution is 2.21. The lowest BCUT2D eigenvalue weighted by Crippen LogP contribution is -2.24. The van der Waals surface area contributed by atoms with Crippen molar-refractivity contribution in [1.82, 2.24) is 15.6 Å². The fraction of sp³-hybridized carbons (Fsp3) is 0.636. The van der Waals surface area contributed by atoms with E-state index in [4.69, 9.17) is 4.42 Å². The van der Waals surface area contributed by atoms with E-state index in [1.54, 1.807) is 0 Å². The van der Waals surface area contributed by atoms with Gasteiger partial charge in [0.1, 0.15) is 6.26 Å². The summed E-state index contributed by atoms with van der Waals surface area (Å²) in [6, 6.07) is 0.174. The predicted molar refractivity (Wildman–Crippen MR) is 59.1 cm³/mol. The zero-order valence-electron chi connectivity index (χ0n) is 9.45. The lowest BCUT2D eigenvalue weighted by atomic mass is 10.2. The van der Waals surface area contributed by atoms with Crippen molar-refractivity contribution in [3.05, 3.63) is 17.8 Å². The van der Waals surface area contributed by atoms with E-state index in [1.807, 2.05) is 6.92 Å². The van der Waals surface area contributed by atoms with Crippen LogP contribution in [-0.4, -0.2) is 24.0 Å². The third kappa shape index (κ3) is 2.41. The summed E-state index contributed by atoms with van der Waals surface area (Å²) < 4.78 is 5.32. The molecule has 5 heteroatoms. The fourth-order valence-corrected chi connectivity index (χ4v) is 1.78. The maximum atomic E-state index is 11.6. The summed E-state index contributed by atoms with van der Waals surface area (Å²) in [7, 11) is 0. The zero-order chi connectivity index (χ0) is 11.4. The maximum absolute atomic E-state index is 11.6. The van der Waals surface area contributed by atoms with Gasteiger partial charge in [-0.15, -0.1) is 0 Å². The first-order valence-electron chi connectivity index (χ1n) is 5.78. The Bertz CT molecular complexity index is 356. The van der Waals surface area contributed by atoms with Crippen molar-refractivity contribution < 1.29 is 9.21 Å². The second-order valence-corrected chi connectivity index (χ2v) is 3.98. The molecule has 1 saturated heterocycles. The number of nitrogens with one attached hydrogen (secondary N) is 2. The molecule has 2 rings (SSSR count). The molecule has 1 fully saturated rings. The normalized spacial score (nSPS) is 19.9. The summed E-state index contributed by atoms with van der Waals surface area (Å²) >= 11 is 0. The Morgan fingerprint density at radius 1 is 1.75 bits per heavy atom. The Morgan fingerprint density at radius 2 is 2.62 bits per heavy atom. The van der Waals surface area contributed by atoms with Crippen molar-refractivity contribution in [2.45, 2.75) is 32.2 Å². The Kier molecular flexibility index (Phi) is 3.56. The molecule has 0 aromatic carbocycles. The molecule has 1 aromatic rings. The van der Waals surface area contributed by atoms with E-state index in [9.17, 15) is 4.79 Å². The van der Waals surface area contributed by atoms with Crippen molar-refractivity contribution >= 4 is 5.91 Å². The van der Waals surface area contributed by atoms with E-state index in [1.165, 1.54) is 6.26 Å². The maximum Gasteiger partial charge on any atom is 0.273 e. The minimum Gasteiger partial charge on any atom is -0.446 e. The Hall–Kier alpha value is -1.36. The van der Waals surface area contributed by atoms with E-state index in [0.29, 0.717) is 18.1 Å². The fourth-order valence-electron chi connectivity index (χ4n) is 1.78. The summed E-state index contributed by atoms with van der Waals surface area (Å²) in [5, 5.41) is 6.05. The van der Waals surface area contributed by atoms with Crippen LogP contribution < -0.4 is 10.6 Å². The predicted octanol–water partition coefficient (Wildman–Crippen LogP) is 1.24. The lowest BCUT2D eigenvalue weighted by molar-refractivity contribution is 0.0948.